The van der Waals surface area contributed by atoms with Crippen LogP contribution in [0.5, 0.6) is 0 Å². The molecule has 1 aromatic rings. The Labute approximate surface area is 132 Å². The van der Waals surface area contributed by atoms with Gasteiger partial charge in [0, 0.05) is 5.69 Å². The van der Waals surface area contributed by atoms with Gasteiger partial charge in [0.15, 0.2) is 6.23 Å². The maximum Gasteiger partial charge on any atom is 0.324 e. The number of urea groups is 1. The van der Waals surface area contributed by atoms with Gasteiger partial charge in [0.25, 0.3) is 0 Å². The van der Waals surface area contributed by atoms with Gasteiger partial charge in [0.1, 0.15) is 30.5 Å². The highest BCUT2D eigenvalue weighted by molar-refractivity contribution is 5.95. The zero-order valence-electron chi connectivity index (χ0n) is 12.1. The number of anilines is 1. The summed E-state index contributed by atoms with van der Waals surface area (Å²) in [6.45, 7) is -0.819. The molecule has 0 bridgehead atoms. The number of para-hydroxylation sites is 1. The third-order valence-electron chi connectivity index (χ3n) is 3.78. The van der Waals surface area contributed by atoms with Crippen LogP contribution < -0.4 is 10.2 Å². The number of hydrogen-bond acceptors (Lipinski definition) is 7. The van der Waals surface area contributed by atoms with Gasteiger partial charge in [-0.05, 0) is 12.1 Å². The van der Waals surface area contributed by atoms with Crippen molar-refractivity contribution in [1.29, 1.82) is 0 Å². The monoisotopic (exact) mass is 328 g/mol. The van der Waals surface area contributed by atoms with Gasteiger partial charge in [-0.2, -0.15) is 0 Å². The van der Waals surface area contributed by atoms with Gasteiger partial charge < -0.3 is 36.0 Å². The van der Waals surface area contributed by atoms with Crippen molar-refractivity contribution >= 4 is 11.7 Å². The van der Waals surface area contributed by atoms with Crippen LogP contribution in [0.15, 0.2) is 30.3 Å². The van der Waals surface area contributed by atoms with E-state index in [0.717, 1.165) is 4.90 Å². The Morgan fingerprint density at radius 1 is 1.09 bits per heavy atom. The molecular formula is C14H20N2O7. The smallest absolute Gasteiger partial charge is 0.324 e. The van der Waals surface area contributed by atoms with Crippen molar-refractivity contribution in [2.75, 3.05) is 11.5 Å². The van der Waals surface area contributed by atoms with Crippen LogP contribution in [-0.4, -0.2) is 80.0 Å². The second kappa shape index (κ2) is 7.21. The molecule has 128 valence electrons. The minimum atomic E-state index is -1.88. The molecule has 0 aliphatic carbocycles. The molecule has 7 N–H and O–H groups in total. The van der Waals surface area contributed by atoms with E-state index in [1.54, 1.807) is 30.3 Å². The molecule has 0 radical (unpaired) electrons. The standard InChI is InChI=1S/C14H20N2O7/c17-6-8(18)10(19)12(21)11(20)9-13(22)16(14(23)15-9)7-4-2-1-3-5-7/h1-5,8-13,17-22H,6H2,(H,15,23)/t8-,9+,10+,11+,12+,13+/m1/s1. The Morgan fingerprint density at radius 3 is 2.26 bits per heavy atom. The molecule has 1 heterocycles. The molecule has 1 aliphatic heterocycles. The van der Waals surface area contributed by atoms with Crippen molar-refractivity contribution in [2.45, 2.75) is 36.7 Å². The molecule has 2 rings (SSSR count). The van der Waals surface area contributed by atoms with Crippen LogP contribution in [0.25, 0.3) is 0 Å². The molecule has 1 aliphatic rings. The van der Waals surface area contributed by atoms with E-state index < -0.39 is 49.3 Å². The van der Waals surface area contributed by atoms with Crippen molar-refractivity contribution in [2.24, 2.45) is 0 Å². The zero-order valence-corrected chi connectivity index (χ0v) is 12.1. The lowest BCUT2D eigenvalue weighted by Crippen LogP contribution is -2.55. The van der Waals surface area contributed by atoms with Gasteiger partial charge in [-0.3, -0.25) is 4.90 Å². The number of carbonyl (C=O) groups excluding carboxylic acids is 1. The van der Waals surface area contributed by atoms with E-state index in [4.69, 9.17) is 5.11 Å². The van der Waals surface area contributed by atoms with E-state index in [1.807, 2.05) is 0 Å². The first-order valence-electron chi connectivity index (χ1n) is 7.04. The number of amides is 2. The van der Waals surface area contributed by atoms with Crippen LogP contribution in [-0.2, 0) is 0 Å². The number of aliphatic hydroxyl groups is 6. The van der Waals surface area contributed by atoms with Crippen molar-refractivity contribution in [3.8, 4) is 0 Å². The highest BCUT2D eigenvalue weighted by Crippen LogP contribution is 2.24. The summed E-state index contributed by atoms with van der Waals surface area (Å²) in [5.74, 6) is 0. The third kappa shape index (κ3) is 3.44. The van der Waals surface area contributed by atoms with Crippen LogP contribution in [0.4, 0.5) is 10.5 Å². The Hall–Kier alpha value is -1.75. The number of carbonyl (C=O) groups is 1. The summed E-state index contributed by atoms with van der Waals surface area (Å²) in [5, 5.41) is 60.2. The van der Waals surface area contributed by atoms with Crippen LogP contribution in [0, 0.1) is 0 Å². The Kier molecular flexibility index (Phi) is 5.52. The molecule has 0 spiro atoms. The summed E-state index contributed by atoms with van der Waals surface area (Å²) in [6, 6.07) is 6.24. The molecule has 2 amide bonds. The van der Waals surface area contributed by atoms with Gasteiger partial charge in [-0.15, -0.1) is 0 Å². The van der Waals surface area contributed by atoms with E-state index in [2.05, 4.69) is 5.32 Å². The summed E-state index contributed by atoms with van der Waals surface area (Å²) in [4.78, 5) is 13.0. The molecular weight excluding hydrogens is 308 g/mol. The van der Waals surface area contributed by atoms with Crippen molar-refractivity contribution < 1.29 is 35.4 Å². The SMILES string of the molecule is O=C1N[C@@H]([C@H](O)[C@@H](O)[C@@H](O)[C@H](O)CO)[C@H](O)N1c1ccccc1. The summed E-state index contributed by atoms with van der Waals surface area (Å²) in [5.41, 5.74) is 0.387. The van der Waals surface area contributed by atoms with Crippen molar-refractivity contribution in [3.63, 3.8) is 0 Å². The van der Waals surface area contributed by atoms with Crippen LogP contribution >= 0.6 is 0 Å². The molecule has 0 unspecified atom stereocenters. The fourth-order valence-electron chi connectivity index (χ4n) is 2.44. The minimum Gasteiger partial charge on any atom is -0.394 e. The van der Waals surface area contributed by atoms with Gasteiger partial charge in [0.05, 0.1) is 6.61 Å². The number of nitrogens with one attached hydrogen (secondary N) is 1. The maximum absolute atomic E-state index is 12.0. The van der Waals surface area contributed by atoms with Crippen molar-refractivity contribution in [1.82, 2.24) is 5.32 Å². The molecule has 23 heavy (non-hydrogen) atoms. The largest absolute Gasteiger partial charge is 0.394 e. The second-order valence-electron chi connectivity index (χ2n) is 5.32. The van der Waals surface area contributed by atoms with Gasteiger partial charge >= 0.3 is 6.03 Å². The maximum atomic E-state index is 12.0. The lowest BCUT2D eigenvalue weighted by molar-refractivity contribution is -0.126. The Morgan fingerprint density at radius 2 is 1.70 bits per heavy atom. The van der Waals surface area contributed by atoms with Gasteiger partial charge in [-0.1, -0.05) is 18.2 Å². The summed E-state index contributed by atoms with van der Waals surface area (Å²) >= 11 is 0. The first-order chi connectivity index (χ1) is 10.9. The first-order valence-corrected chi connectivity index (χ1v) is 7.04. The fourth-order valence-corrected chi connectivity index (χ4v) is 2.44. The van der Waals surface area contributed by atoms with Crippen LogP contribution in [0.1, 0.15) is 0 Å². The number of aliphatic hydroxyl groups excluding tert-OH is 6. The van der Waals surface area contributed by atoms with Crippen LogP contribution in [0.3, 0.4) is 0 Å². The molecule has 9 nitrogen and oxygen atoms in total. The highest BCUT2D eigenvalue weighted by atomic mass is 16.4. The van der Waals surface area contributed by atoms with Crippen molar-refractivity contribution in [3.05, 3.63) is 30.3 Å². The predicted octanol–water partition coefficient (Wildman–Crippen LogP) is -2.66. The van der Waals surface area contributed by atoms with E-state index in [0.29, 0.717) is 5.69 Å². The molecule has 6 atom stereocenters. The highest BCUT2D eigenvalue weighted by Gasteiger charge is 2.46. The van der Waals surface area contributed by atoms with E-state index >= 15 is 0 Å². The van der Waals surface area contributed by atoms with Crippen LogP contribution in [0.2, 0.25) is 0 Å². The number of nitrogens with zero attached hydrogens (tertiary/aromatic N) is 1. The van der Waals surface area contributed by atoms with Gasteiger partial charge in [0.2, 0.25) is 0 Å². The van der Waals surface area contributed by atoms with E-state index in [1.165, 1.54) is 0 Å². The summed E-state index contributed by atoms with van der Waals surface area (Å²) in [7, 11) is 0. The first kappa shape index (κ1) is 17.6. The van der Waals surface area contributed by atoms with E-state index in [9.17, 15) is 30.3 Å². The molecule has 0 aromatic heterocycles. The Balaban J connectivity index is 2.14. The lowest BCUT2D eigenvalue weighted by Gasteiger charge is -2.30. The molecule has 9 heteroatoms. The summed E-state index contributed by atoms with van der Waals surface area (Å²) in [6.07, 6.45) is -8.65. The van der Waals surface area contributed by atoms with Gasteiger partial charge in [-0.25, -0.2) is 4.79 Å². The minimum absolute atomic E-state index is 0.387. The summed E-state index contributed by atoms with van der Waals surface area (Å²) < 4.78 is 0. The average Bonchev–Trinajstić information content (AvgIpc) is 2.87. The average molecular weight is 328 g/mol. The molecule has 0 saturated carbocycles. The number of rotatable bonds is 6. The molecule has 1 aromatic carbocycles. The third-order valence-corrected chi connectivity index (χ3v) is 3.78. The predicted molar refractivity (Wildman–Crippen MR) is 78.4 cm³/mol. The topological polar surface area (TPSA) is 154 Å². The molecule has 1 saturated heterocycles. The zero-order chi connectivity index (χ0) is 17.1. The Bertz CT molecular complexity index is 529. The quantitative estimate of drug-likeness (QED) is 0.301. The fraction of sp³-hybridized carbons (Fsp3) is 0.500. The lowest BCUT2D eigenvalue weighted by atomic mass is 9.97. The van der Waals surface area contributed by atoms with E-state index in [-0.39, 0.29) is 0 Å². The second-order valence-corrected chi connectivity index (χ2v) is 5.32. The number of hydrogen-bond donors (Lipinski definition) is 7. The molecule has 1 fully saturated rings. The number of benzene rings is 1. The normalized spacial score (nSPS) is 26.5.